The van der Waals surface area contributed by atoms with E-state index in [-0.39, 0.29) is 11.8 Å². The minimum Gasteiger partial charge on any atom is -0.357 e. The maximum Gasteiger partial charge on any atom is 0.221 e. The number of rotatable bonds is 6. The fraction of sp³-hybridized carbons (Fsp3) is 0.800. The molecule has 2 amide bonds. The molecule has 126 valence electrons. The first-order chi connectivity index (χ1) is 10.6. The van der Waals surface area contributed by atoms with Crippen molar-refractivity contribution in [3.63, 3.8) is 0 Å². The summed E-state index contributed by atoms with van der Waals surface area (Å²) in [7, 11) is 0. The Hall–Kier alpha value is -1.79. The maximum atomic E-state index is 11.6. The molecule has 0 saturated carbocycles. The van der Waals surface area contributed by atoms with Gasteiger partial charge in [-0.05, 0) is 13.3 Å². The molecule has 1 heterocycles. The van der Waals surface area contributed by atoms with E-state index in [2.05, 4.69) is 20.5 Å². The van der Waals surface area contributed by atoms with E-state index in [1.54, 1.807) is 6.92 Å². The number of piperazine rings is 1. The minimum absolute atomic E-state index is 0.0443. The Balaban J connectivity index is 2.45. The molecular weight excluding hydrogens is 282 g/mol. The van der Waals surface area contributed by atoms with Crippen molar-refractivity contribution in [2.45, 2.75) is 33.6 Å². The van der Waals surface area contributed by atoms with Crippen LogP contribution in [0.2, 0.25) is 0 Å². The third kappa shape index (κ3) is 6.32. The molecule has 22 heavy (non-hydrogen) atoms. The molecule has 1 fully saturated rings. The first-order valence-corrected chi connectivity index (χ1v) is 8.14. The van der Waals surface area contributed by atoms with Gasteiger partial charge in [-0.2, -0.15) is 0 Å². The molecule has 0 bridgehead atoms. The van der Waals surface area contributed by atoms with Crippen molar-refractivity contribution >= 4 is 17.8 Å². The standard InChI is InChI=1S/C15H29N5O2/c1-4-7-17-14(22)6-8-18-15(16-5-2)20-11-9-19(10-12-20)13(3)21/h4-12H2,1-3H3,(H,16,18)(H,17,22). The molecule has 0 unspecified atom stereocenters. The molecule has 0 aliphatic carbocycles. The Morgan fingerprint density at radius 1 is 1.05 bits per heavy atom. The monoisotopic (exact) mass is 311 g/mol. The van der Waals surface area contributed by atoms with Crippen LogP contribution in [0.3, 0.4) is 0 Å². The van der Waals surface area contributed by atoms with Gasteiger partial charge in [-0.3, -0.25) is 14.6 Å². The minimum atomic E-state index is 0.0443. The largest absolute Gasteiger partial charge is 0.357 e. The Labute approximate surface area is 133 Å². The molecule has 0 aromatic carbocycles. The fourth-order valence-electron chi connectivity index (χ4n) is 2.28. The highest BCUT2D eigenvalue weighted by Gasteiger charge is 2.20. The van der Waals surface area contributed by atoms with Gasteiger partial charge in [0.05, 0.1) is 6.54 Å². The summed E-state index contributed by atoms with van der Waals surface area (Å²) < 4.78 is 0. The highest BCUT2D eigenvalue weighted by molar-refractivity contribution is 5.81. The predicted octanol–water partition coefficient (Wildman–Crippen LogP) is 0.0323. The van der Waals surface area contributed by atoms with Crippen molar-refractivity contribution in [2.75, 3.05) is 45.8 Å². The lowest BCUT2D eigenvalue weighted by Crippen LogP contribution is -2.53. The molecule has 0 atom stereocenters. The summed E-state index contributed by atoms with van der Waals surface area (Å²) >= 11 is 0. The number of nitrogens with zero attached hydrogens (tertiary/aromatic N) is 3. The second-order valence-corrected chi connectivity index (χ2v) is 5.33. The molecule has 0 spiro atoms. The average Bonchev–Trinajstić information content (AvgIpc) is 2.52. The van der Waals surface area contributed by atoms with Crippen LogP contribution in [0.4, 0.5) is 0 Å². The van der Waals surface area contributed by atoms with Crippen molar-refractivity contribution in [2.24, 2.45) is 4.99 Å². The number of carbonyl (C=O) groups is 2. The SMILES string of the molecule is CCCNC(=O)CCN=C(NCC)N1CCN(C(C)=O)CC1. The van der Waals surface area contributed by atoms with E-state index in [1.807, 2.05) is 18.7 Å². The van der Waals surface area contributed by atoms with Crippen molar-refractivity contribution in [3.05, 3.63) is 0 Å². The molecular formula is C15H29N5O2. The number of hydrogen-bond acceptors (Lipinski definition) is 3. The van der Waals surface area contributed by atoms with Gasteiger partial charge in [0, 0.05) is 52.6 Å². The summed E-state index contributed by atoms with van der Waals surface area (Å²) in [5.41, 5.74) is 0. The fourth-order valence-corrected chi connectivity index (χ4v) is 2.28. The van der Waals surface area contributed by atoms with Crippen LogP contribution < -0.4 is 10.6 Å². The molecule has 0 radical (unpaired) electrons. The quantitative estimate of drug-likeness (QED) is 0.536. The molecule has 1 aliphatic heterocycles. The van der Waals surface area contributed by atoms with Gasteiger partial charge < -0.3 is 20.4 Å². The van der Waals surface area contributed by atoms with Gasteiger partial charge >= 0.3 is 0 Å². The van der Waals surface area contributed by atoms with Gasteiger partial charge in [-0.25, -0.2) is 0 Å². The van der Waals surface area contributed by atoms with E-state index in [9.17, 15) is 9.59 Å². The molecule has 1 aliphatic rings. The van der Waals surface area contributed by atoms with E-state index in [0.717, 1.165) is 51.6 Å². The third-order valence-corrected chi connectivity index (χ3v) is 3.53. The third-order valence-electron chi connectivity index (χ3n) is 3.53. The number of aliphatic imine (C=N–C) groups is 1. The van der Waals surface area contributed by atoms with Gasteiger partial charge in [-0.1, -0.05) is 6.92 Å². The van der Waals surface area contributed by atoms with E-state index in [1.165, 1.54) is 0 Å². The molecule has 2 N–H and O–H groups in total. The first-order valence-electron chi connectivity index (χ1n) is 8.14. The van der Waals surface area contributed by atoms with Crippen LogP contribution in [0.25, 0.3) is 0 Å². The van der Waals surface area contributed by atoms with Crippen LogP contribution in [0.5, 0.6) is 0 Å². The zero-order valence-electron chi connectivity index (χ0n) is 14.0. The second-order valence-electron chi connectivity index (χ2n) is 5.33. The van der Waals surface area contributed by atoms with Crippen molar-refractivity contribution in [3.8, 4) is 0 Å². The summed E-state index contributed by atoms with van der Waals surface area (Å²) in [6.45, 7) is 10.6. The summed E-state index contributed by atoms with van der Waals surface area (Å²) in [5.74, 6) is 0.992. The van der Waals surface area contributed by atoms with Crippen LogP contribution in [0.1, 0.15) is 33.6 Å². The van der Waals surface area contributed by atoms with Crippen molar-refractivity contribution < 1.29 is 9.59 Å². The lowest BCUT2D eigenvalue weighted by atomic mass is 10.3. The van der Waals surface area contributed by atoms with Crippen LogP contribution in [-0.2, 0) is 9.59 Å². The van der Waals surface area contributed by atoms with Gasteiger partial charge in [0.1, 0.15) is 0 Å². The Bertz CT molecular complexity index is 389. The number of nitrogens with one attached hydrogen (secondary N) is 2. The lowest BCUT2D eigenvalue weighted by Gasteiger charge is -2.36. The van der Waals surface area contributed by atoms with Gasteiger partial charge in [0.2, 0.25) is 11.8 Å². The second kappa shape index (κ2) is 10.0. The molecule has 7 nitrogen and oxygen atoms in total. The van der Waals surface area contributed by atoms with E-state index in [0.29, 0.717) is 13.0 Å². The van der Waals surface area contributed by atoms with Crippen LogP contribution in [0, 0.1) is 0 Å². The highest BCUT2D eigenvalue weighted by Crippen LogP contribution is 2.03. The number of amides is 2. The van der Waals surface area contributed by atoms with Gasteiger partial charge in [-0.15, -0.1) is 0 Å². The Morgan fingerprint density at radius 3 is 2.23 bits per heavy atom. The van der Waals surface area contributed by atoms with Crippen LogP contribution in [0.15, 0.2) is 4.99 Å². The normalized spacial score (nSPS) is 15.7. The van der Waals surface area contributed by atoms with Gasteiger partial charge in [0.15, 0.2) is 5.96 Å². The van der Waals surface area contributed by atoms with E-state index in [4.69, 9.17) is 0 Å². The van der Waals surface area contributed by atoms with E-state index >= 15 is 0 Å². The molecule has 1 rings (SSSR count). The molecule has 0 aromatic heterocycles. The summed E-state index contributed by atoms with van der Waals surface area (Å²) in [5, 5.41) is 6.10. The van der Waals surface area contributed by atoms with Crippen molar-refractivity contribution in [1.29, 1.82) is 0 Å². The zero-order valence-corrected chi connectivity index (χ0v) is 14.0. The smallest absolute Gasteiger partial charge is 0.221 e. The summed E-state index contributed by atoms with van der Waals surface area (Å²) in [6.07, 6.45) is 1.35. The summed E-state index contributed by atoms with van der Waals surface area (Å²) in [4.78, 5) is 31.4. The predicted molar refractivity (Wildman–Crippen MR) is 87.7 cm³/mol. The highest BCUT2D eigenvalue weighted by atomic mass is 16.2. The lowest BCUT2D eigenvalue weighted by molar-refractivity contribution is -0.130. The summed E-state index contributed by atoms with van der Waals surface area (Å²) in [6, 6.07) is 0. The van der Waals surface area contributed by atoms with Crippen molar-refractivity contribution in [1.82, 2.24) is 20.4 Å². The van der Waals surface area contributed by atoms with Crippen LogP contribution in [-0.4, -0.2) is 73.4 Å². The molecule has 0 aromatic rings. The zero-order chi connectivity index (χ0) is 16.4. The Kier molecular flexibility index (Phi) is 8.32. The van der Waals surface area contributed by atoms with Gasteiger partial charge in [0.25, 0.3) is 0 Å². The van der Waals surface area contributed by atoms with Crippen LogP contribution >= 0.6 is 0 Å². The molecule has 1 saturated heterocycles. The number of guanidine groups is 1. The average molecular weight is 311 g/mol. The maximum absolute atomic E-state index is 11.6. The number of hydrogen-bond donors (Lipinski definition) is 2. The Morgan fingerprint density at radius 2 is 1.68 bits per heavy atom. The topological polar surface area (TPSA) is 77.0 Å². The van der Waals surface area contributed by atoms with E-state index < -0.39 is 0 Å². The number of carbonyl (C=O) groups excluding carboxylic acids is 2. The first kappa shape index (κ1) is 18.3. The molecule has 7 heteroatoms.